The van der Waals surface area contributed by atoms with E-state index in [0.29, 0.717) is 4.47 Å². The predicted molar refractivity (Wildman–Crippen MR) is 85.6 cm³/mol. The Bertz CT molecular complexity index is 614. The summed E-state index contributed by atoms with van der Waals surface area (Å²) in [7, 11) is 0. The Morgan fingerprint density at radius 1 is 1.33 bits per heavy atom. The van der Waals surface area contributed by atoms with Crippen molar-refractivity contribution in [3.8, 4) is 0 Å². The van der Waals surface area contributed by atoms with Crippen LogP contribution in [0.1, 0.15) is 37.9 Å². The monoisotopic (exact) mass is 409 g/mol. The minimum absolute atomic E-state index is 0.00346. The minimum atomic E-state index is -4.53. The molecule has 1 aliphatic rings. The van der Waals surface area contributed by atoms with Gasteiger partial charge in [-0.3, -0.25) is 4.90 Å². The van der Waals surface area contributed by atoms with E-state index in [1.807, 2.05) is 0 Å². The summed E-state index contributed by atoms with van der Waals surface area (Å²) in [6, 6.07) is 3.05. The molecule has 0 N–H and O–H groups in total. The first kappa shape index (κ1) is 19.1. The van der Waals surface area contributed by atoms with Gasteiger partial charge < -0.3 is 9.47 Å². The van der Waals surface area contributed by atoms with Crippen molar-refractivity contribution in [1.82, 2.24) is 4.90 Å². The zero-order valence-electron chi connectivity index (χ0n) is 13.6. The second-order valence-electron chi connectivity index (χ2n) is 6.49. The molecule has 0 radical (unpaired) electrons. The average Bonchev–Trinajstić information content (AvgIpc) is 2.44. The quantitative estimate of drug-likeness (QED) is 0.669. The molecular weight excluding hydrogens is 391 g/mol. The second kappa shape index (κ2) is 6.92. The van der Waals surface area contributed by atoms with Gasteiger partial charge in [0.25, 0.3) is 0 Å². The van der Waals surface area contributed by atoms with Crippen LogP contribution in [0.15, 0.2) is 22.7 Å². The van der Waals surface area contributed by atoms with Crippen LogP contribution in [-0.2, 0) is 15.7 Å². The van der Waals surface area contributed by atoms with Crippen LogP contribution in [0.4, 0.5) is 18.0 Å². The first-order chi connectivity index (χ1) is 11.0. The lowest BCUT2D eigenvalue weighted by molar-refractivity contribution is -0.139. The average molecular weight is 410 g/mol. The van der Waals surface area contributed by atoms with Crippen molar-refractivity contribution in [2.45, 2.75) is 38.6 Å². The molecule has 1 fully saturated rings. The van der Waals surface area contributed by atoms with Crippen LogP contribution in [0, 0.1) is 0 Å². The number of morpholine rings is 1. The smallest absolute Gasteiger partial charge is 0.416 e. The fourth-order valence-electron chi connectivity index (χ4n) is 2.46. The number of ether oxygens (including phenoxy) is 2. The van der Waals surface area contributed by atoms with Gasteiger partial charge in [0.05, 0.1) is 24.8 Å². The van der Waals surface area contributed by atoms with E-state index >= 15 is 0 Å². The summed E-state index contributed by atoms with van der Waals surface area (Å²) in [6.45, 7) is 5.55. The number of halogens is 4. The summed E-state index contributed by atoms with van der Waals surface area (Å²) in [5.74, 6) is 0. The van der Waals surface area contributed by atoms with E-state index in [4.69, 9.17) is 9.47 Å². The van der Waals surface area contributed by atoms with Crippen molar-refractivity contribution >= 4 is 22.0 Å². The third-order valence-electron chi connectivity index (χ3n) is 3.44. The highest BCUT2D eigenvalue weighted by Gasteiger charge is 2.39. The molecule has 24 heavy (non-hydrogen) atoms. The van der Waals surface area contributed by atoms with Gasteiger partial charge in [0.2, 0.25) is 0 Å². The highest BCUT2D eigenvalue weighted by molar-refractivity contribution is 9.10. The van der Waals surface area contributed by atoms with Crippen LogP contribution in [0.2, 0.25) is 0 Å². The maximum Gasteiger partial charge on any atom is 0.416 e. The molecule has 1 aromatic rings. The Balaban J connectivity index is 2.39. The summed E-state index contributed by atoms with van der Waals surface area (Å²) in [5, 5.41) is 0. The fourth-order valence-corrected chi connectivity index (χ4v) is 2.83. The SMILES string of the molecule is CC(C)(C)OC(=O)N1CCOCC1c1ccc(Br)cc1C(F)(F)F. The van der Waals surface area contributed by atoms with E-state index in [2.05, 4.69) is 15.9 Å². The molecule has 0 spiro atoms. The van der Waals surface area contributed by atoms with Gasteiger partial charge in [-0.25, -0.2) is 4.79 Å². The fraction of sp³-hybridized carbons (Fsp3) is 0.562. The number of carbonyl (C=O) groups excluding carboxylic acids is 1. The molecule has 1 saturated heterocycles. The maximum absolute atomic E-state index is 13.4. The summed E-state index contributed by atoms with van der Waals surface area (Å²) >= 11 is 3.06. The standard InChI is InChI=1S/C16H19BrF3NO3/c1-15(2,3)24-14(22)21-6-7-23-9-13(21)11-5-4-10(17)8-12(11)16(18,19)20/h4-5,8,13H,6-7,9H2,1-3H3. The third kappa shape index (κ3) is 4.63. The lowest BCUT2D eigenvalue weighted by Crippen LogP contribution is -2.46. The van der Waals surface area contributed by atoms with E-state index in [1.54, 1.807) is 20.8 Å². The van der Waals surface area contributed by atoms with Gasteiger partial charge in [0.1, 0.15) is 5.60 Å². The normalized spacial score (nSPS) is 19.3. The zero-order valence-corrected chi connectivity index (χ0v) is 15.2. The number of hydrogen-bond donors (Lipinski definition) is 0. The van der Waals surface area contributed by atoms with Crippen LogP contribution in [0.3, 0.4) is 0 Å². The van der Waals surface area contributed by atoms with Crippen molar-refractivity contribution in [2.24, 2.45) is 0 Å². The van der Waals surface area contributed by atoms with Crippen molar-refractivity contribution < 1.29 is 27.4 Å². The Labute approximate surface area is 147 Å². The summed E-state index contributed by atoms with van der Waals surface area (Å²) in [5.41, 5.74) is -1.52. The Morgan fingerprint density at radius 2 is 2.00 bits per heavy atom. The van der Waals surface area contributed by atoms with Crippen molar-refractivity contribution in [2.75, 3.05) is 19.8 Å². The molecule has 1 unspecified atom stereocenters. The first-order valence-corrected chi connectivity index (χ1v) is 8.22. The Morgan fingerprint density at radius 3 is 2.58 bits per heavy atom. The van der Waals surface area contributed by atoms with Crippen LogP contribution < -0.4 is 0 Å². The number of nitrogens with zero attached hydrogens (tertiary/aromatic N) is 1. The molecule has 1 atom stereocenters. The maximum atomic E-state index is 13.4. The molecule has 0 aliphatic carbocycles. The second-order valence-corrected chi connectivity index (χ2v) is 7.41. The first-order valence-electron chi connectivity index (χ1n) is 7.43. The third-order valence-corrected chi connectivity index (χ3v) is 3.93. The van der Waals surface area contributed by atoms with E-state index in [0.717, 1.165) is 6.07 Å². The van der Waals surface area contributed by atoms with Crippen LogP contribution >= 0.6 is 15.9 Å². The molecule has 1 aliphatic heterocycles. The number of rotatable bonds is 1. The molecular formula is C16H19BrF3NO3. The molecule has 0 aromatic heterocycles. The van der Waals surface area contributed by atoms with E-state index < -0.39 is 29.5 Å². The van der Waals surface area contributed by atoms with Crippen molar-refractivity contribution in [3.63, 3.8) is 0 Å². The lowest BCUT2D eigenvalue weighted by atomic mass is 9.98. The van der Waals surface area contributed by atoms with Gasteiger partial charge in [-0.1, -0.05) is 22.0 Å². The molecule has 0 bridgehead atoms. The number of benzene rings is 1. The van der Waals surface area contributed by atoms with Gasteiger partial charge in [0, 0.05) is 11.0 Å². The molecule has 1 amide bonds. The minimum Gasteiger partial charge on any atom is -0.444 e. The van der Waals surface area contributed by atoms with E-state index in [-0.39, 0.29) is 25.3 Å². The molecule has 8 heteroatoms. The van der Waals surface area contributed by atoms with Crippen LogP contribution in [0.5, 0.6) is 0 Å². The molecule has 2 rings (SSSR count). The lowest BCUT2D eigenvalue weighted by Gasteiger charge is -2.37. The topological polar surface area (TPSA) is 38.8 Å². The van der Waals surface area contributed by atoms with Gasteiger partial charge in [0.15, 0.2) is 0 Å². The Kier molecular flexibility index (Phi) is 5.49. The van der Waals surface area contributed by atoms with Gasteiger partial charge in [-0.2, -0.15) is 13.2 Å². The largest absolute Gasteiger partial charge is 0.444 e. The van der Waals surface area contributed by atoms with E-state index in [9.17, 15) is 18.0 Å². The van der Waals surface area contributed by atoms with Gasteiger partial charge in [-0.15, -0.1) is 0 Å². The number of hydrogen-bond acceptors (Lipinski definition) is 3. The van der Waals surface area contributed by atoms with Crippen LogP contribution in [-0.4, -0.2) is 36.4 Å². The highest BCUT2D eigenvalue weighted by Crippen LogP contribution is 2.39. The van der Waals surface area contributed by atoms with Gasteiger partial charge >= 0.3 is 12.3 Å². The van der Waals surface area contributed by atoms with E-state index in [1.165, 1.54) is 17.0 Å². The number of alkyl halides is 3. The molecule has 0 saturated carbocycles. The summed E-state index contributed by atoms with van der Waals surface area (Å²) in [4.78, 5) is 13.7. The Hall–Kier alpha value is -1.28. The molecule has 1 heterocycles. The summed E-state index contributed by atoms with van der Waals surface area (Å²) < 4.78 is 51.1. The molecule has 4 nitrogen and oxygen atoms in total. The zero-order chi connectivity index (χ0) is 18.1. The highest BCUT2D eigenvalue weighted by atomic mass is 79.9. The molecule has 134 valence electrons. The predicted octanol–water partition coefficient (Wildman–Crippen LogP) is 4.78. The van der Waals surface area contributed by atoms with Crippen molar-refractivity contribution in [1.29, 1.82) is 0 Å². The molecule has 1 aromatic carbocycles. The van der Waals surface area contributed by atoms with Crippen LogP contribution in [0.25, 0.3) is 0 Å². The number of amides is 1. The summed E-state index contributed by atoms with van der Waals surface area (Å²) in [6.07, 6.45) is -5.18. The number of carbonyl (C=O) groups is 1. The van der Waals surface area contributed by atoms with Crippen molar-refractivity contribution in [3.05, 3.63) is 33.8 Å². The van der Waals surface area contributed by atoms with Gasteiger partial charge in [-0.05, 0) is 38.5 Å².